The van der Waals surface area contributed by atoms with E-state index in [0.717, 1.165) is 30.1 Å². The summed E-state index contributed by atoms with van der Waals surface area (Å²) < 4.78 is 23.0. The van der Waals surface area contributed by atoms with Crippen LogP contribution in [-0.2, 0) is 17.6 Å². The standard InChI is InChI=1S/C18H28O3S.C6H6O/c1-3-4-5-6-7-8-11-22(19)15(2)12-16-9-10-17-18(13-16)21-14-20-17;7-6-4-2-1-3-5-6/h9-10,13,15H,3-8,11-12,14H2,1-2H3;1-5,7H. The Morgan fingerprint density at radius 3 is 2.34 bits per heavy atom. The second-order valence-electron chi connectivity index (χ2n) is 7.39. The van der Waals surface area contributed by atoms with E-state index in [0.29, 0.717) is 12.5 Å². The van der Waals surface area contributed by atoms with Gasteiger partial charge >= 0.3 is 0 Å². The molecule has 3 rings (SSSR count). The first-order valence-corrected chi connectivity index (χ1v) is 12.0. The fraction of sp³-hybridized carbons (Fsp3) is 0.500. The highest BCUT2D eigenvalue weighted by molar-refractivity contribution is 7.91. The quantitative estimate of drug-likeness (QED) is 0.388. The Balaban J connectivity index is 0.000000360. The molecule has 1 heterocycles. The highest BCUT2D eigenvalue weighted by atomic mass is 32.2. The molecule has 0 spiro atoms. The van der Waals surface area contributed by atoms with Crippen LogP contribution in [0.3, 0.4) is 0 Å². The molecule has 0 radical (unpaired) electrons. The largest absolute Gasteiger partial charge is 0.616 e. The minimum atomic E-state index is -0.743. The van der Waals surface area contributed by atoms with E-state index in [9.17, 15) is 4.55 Å². The molecule has 4 nitrogen and oxygen atoms in total. The van der Waals surface area contributed by atoms with Crippen molar-refractivity contribution < 1.29 is 19.1 Å². The molecule has 2 aromatic rings. The molecule has 1 N–H and O–H groups in total. The number of phenols is 1. The summed E-state index contributed by atoms with van der Waals surface area (Å²) in [7, 11) is 0. The van der Waals surface area contributed by atoms with Gasteiger partial charge in [-0.05, 0) is 49.6 Å². The summed E-state index contributed by atoms with van der Waals surface area (Å²) in [6, 6.07) is 14.7. The van der Waals surface area contributed by atoms with Crippen LogP contribution in [0.1, 0.15) is 57.9 Å². The molecule has 2 unspecified atom stereocenters. The Morgan fingerprint density at radius 2 is 1.66 bits per heavy atom. The summed E-state index contributed by atoms with van der Waals surface area (Å²) in [6.07, 6.45) is 8.32. The van der Waals surface area contributed by atoms with Crippen LogP contribution in [-0.4, -0.2) is 27.5 Å². The number of aromatic hydroxyl groups is 1. The summed E-state index contributed by atoms with van der Waals surface area (Å²) in [5.74, 6) is 2.77. The first-order valence-electron chi connectivity index (χ1n) is 10.6. The van der Waals surface area contributed by atoms with Crippen molar-refractivity contribution in [3.8, 4) is 17.2 Å². The molecule has 160 valence electrons. The number of hydrogen-bond donors (Lipinski definition) is 1. The highest BCUT2D eigenvalue weighted by Crippen LogP contribution is 2.33. The van der Waals surface area contributed by atoms with Crippen molar-refractivity contribution in [1.29, 1.82) is 0 Å². The van der Waals surface area contributed by atoms with E-state index in [2.05, 4.69) is 13.8 Å². The third-order valence-electron chi connectivity index (χ3n) is 4.86. The highest BCUT2D eigenvalue weighted by Gasteiger charge is 2.19. The van der Waals surface area contributed by atoms with Gasteiger partial charge in [0.2, 0.25) is 6.79 Å². The maximum Gasteiger partial charge on any atom is 0.231 e. The van der Waals surface area contributed by atoms with E-state index >= 15 is 0 Å². The molecule has 29 heavy (non-hydrogen) atoms. The van der Waals surface area contributed by atoms with Crippen LogP contribution >= 0.6 is 0 Å². The predicted molar refractivity (Wildman–Crippen MR) is 120 cm³/mol. The normalized spacial score (nSPS) is 14.0. The first kappa shape index (κ1) is 23.4. The predicted octanol–water partition coefficient (Wildman–Crippen LogP) is 5.85. The lowest BCUT2D eigenvalue weighted by molar-refractivity contribution is 0.174. The van der Waals surface area contributed by atoms with Gasteiger partial charge in [0.25, 0.3) is 0 Å². The second kappa shape index (κ2) is 13.4. The molecule has 0 aromatic heterocycles. The zero-order valence-corrected chi connectivity index (χ0v) is 18.5. The van der Waals surface area contributed by atoms with Gasteiger partial charge in [-0.15, -0.1) is 0 Å². The number of hydrogen-bond acceptors (Lipinski definition) is 4. The monoisotopic (exact) mass is 418 g/mol. The Bertz CT molecular complexity index is 693. The fourth-order valence-electron chi connectivity index (χ4n) is 3.15. The van der Waals surface area contributed by atoms with Crippen molar-refractivity contribution in [1.82, 2.24) is 0 Å². The number of fused-ring (bicyclic) bond motifs is 1. The Morgan fingerprint density at radius 1 is 0.966 bits per heavy atom. The second-order valence-corrected chi connectivity index (χ2v) is 9.37. The summed E-state index contributed by atoms with van der Waals surface area (Å²) in [5, 5.41) is 8.82. The molecule has 0 fully saturated rings. The van der Waals surface area contributed by atoms with E-state index in [-0.39, 0.29) is 5.25 Å². The van der Waals surface area contributed by atoms with Crippen LogP contribution in [0, 0.1) is 0 Å². The zero-order chi connectivity index (χ0) is 20.9. The SMILES string of the molecule is CCCCCCCC[S+]([O-])C(C)Cc1ccc2c(c1)OCO2.Oc1ccccc1. The van der Waals surface area contributed by atoms with Gasteiger partial charge < -0.3 is 19.1 Å². The van der Waals surface area contributed by atoms with Crippen LogP contribution in [0.25, 0.3) is 0 Å². The Kier molecular flexibility index (Phi) is 10.8. The van der Waals surface area contributed by atoms with Gasteiger partial charge in [0.15, 0.2) is 11.5 Å². The van der Waals surface area contributed by atoms with Gasteiger partial charge in [0, 0.05) is 6.42 Å². The lowest BCUT2D eigenvalue weighted by Gasteiger charge is -2.18. The van der Waals surface area contributed by atoms with Gasteiger partial charge in [-0.1, -0.05) is 68.0 Å². The van der Waals surface area contributed by atoms with E-state index < -0.39 is 11.2 Å². The van der Waals surface area contributed by atoms with Crippen LogP contribution in [0.15, 0.2) is 48.5 Å². The molecule has 0 saturated carbocycles. The first-order chi connectivity index (χ1) is 14.1. The molecule has 5 heteroatoms. The molecule has 2 atom stereocenters. The molecule has 2 aromatic carbocycles. The molecule has 1 aliphatic heterocycles. The summed E-state index contributed by atoms with van der Waals surface area (Å²) in [6.45, 7) is 4.61. The van der Waals surface area contributed by atoms with Gasteiger partial charge in [-0.2, -0.15) is 0 Å². The van der Waals surface area contributed by atoms with Crippen LogP contribution < -0.4 is 9.47 Å². The van der Waals surface area contributed by atoms with Crippen molar-refractivity contribution in [2.75, 3.05) is 12.5 Å². The smallest absolute Gasteiger partial charge is 0.231 e. The van der Waals surface area contributed by atoms with Crippen molar-refractivity contribution in [2.45, 2.75) is 64.0 Å². The van der Waals surface area contributed by atoms with Crippen LogP contribution in [0.4, 0.5) is 0 Å². The molecular formula is C24H34O4S. The average Bonchev–Trinajstić information content (AvgIpc) is 3.19. The number of benzene rings is 2. The summed E-state index contributed by atoms with van der Waals surface area (Å²) in [5.41, 5.74) is 1.17. The number of rotatable bonds is 10. The number of para-hydroxylation sites is 1. The lowest BCUT2D eigenvalue weighted by Crippen LogP contribution is -2.23. The molecule has 0 amide bonds. The van der Waals surface area contributed by atoms with E-state index in [1.54, 1.807) is 24.3 Å². The van der Waals surface area contributed by atoms with Gasteiger partial charge in [-0.25, -0.2) is 0 Å². The summed E-state index contributed by atoms with van der Waals surface area (Å²) >= 11 is -0.743. The summed E-state index contributed by atoms with van der Waals surface area (Å²) in [4.78, 5) is 0. The molecule has 0 aliphatic carbocycles. The minimum absolute atomic E-state index is 0.191. The Hall–Kier alpha value is -1.85. The number of ether oxygens (including phenoxy) is 2. The van der Waals surface area contributed by atoms with E-state index in [1.807, 2.05) is 24.3 Å². The van der Waals surface area contributed by atoms with Crippen molar-refractivity contribution in [3.05, 3.63) is 54.1 Å². The van der Waals surface area contributed by atoms with Gasteiger partial charge in [0.1, 0.15) is 16.8 Å². The lowest BCUT2D eigenvalue weighted by atomic mass is 10.1. The zero-order valence-electron chi connectivity index (χ0n) is 17.6. The van der Waals surface area contributed by atoms with Crippen molar-refractivity contribution in [2.24, 2.45) is 0 Å². The molecule has 0 saturated heterocycles. The third kappa shape index (κ3) is 9.01. The molecule has 1 aliphatic rings. The fourth-order valence-corrected chi connectivity index (χ4v) is 4.42. The topological polar surface area (TPSA) is 61.8 Å². The molecule has 0 bridgehead atoms. The van der Waals surface area contributed by atoms with Crippen molar-refractivity contribution >= 4 is 11.2 Å². The van der Waals surface area contributed by atoms with Gasteiger partial charge in [-0.3, -0.25) is 0 Å². The molecular weight excluding hydrogens is 384 g/mol. The Labute approximate surface area is 178 Å². The number of phenolic OH excluding ortho intramolecular Hbond substituents is 1. The average molecular weight is 419 g/mol. The number of unbranched alkanes of at least 4 members (excludes halogenated alkanes) is 5. The van der Waals surface area contributed by atoms with Crippen LogP contribution in [0.2, 0.25) is 0 Å². The van der Waals surface area contributed by atoms with Crippen LogP contribution in [0.5, 0.6) is 17.2 Å². The van der Waals surface area contributed by atoms with Gasteiger partial charge in [0.05, 0.1) is 0 Å². The third-order valence-corrected chi connectivity index (χ3v) is 6.62. The van der Waals surface area contributed by atoms with E-state index in [4.69, 9.17) is 14.6 Å². The van der Waals surface area contributed by atoms with Crippen molar-refractivity contribution in [3.63, 3.8) is 0 Å². The minimum Gasteiger partial charge on any atom is -0.616 e. The maximum absolute atomic E-state index is 12.3. The maximum atomic E-state index is 12.3. The van der Waals surface area contributed by atoms with E-state index in [1.165, 1.54) is 37.7 Å².